The van der Waals surface area contributed by atoms with E-state index >= 15 is 0 Å². The summed E-state index contributed by atoms with van der Waals surface area (Å²) in [6.45, 7) is 16.8. The molecule has 4 aliphatic rings. The van der Waals surface area contributed by atoms with E-state index in [1.807, 2.05) is 117 Å². The molecule has 0 spiro atoms. The third-order valence-electron chi connectivity index (χ3n) is 21.6. The second kappa shape index (κ2) is 39.5. The van der Waals surface area contributed by atoms with Crippen molar-refractivity contribution in [3.8, 4) is 56.5 Å². The average molecular weight is 1690 g/mol. The van der Waals surface area contributed by atoms with Gasteiger partial charge in [-0.3, -0.25) is 47.5 Å². The monoisotopic (exact) mass is 1680 g/mol. The average Bonchev–Trinajstić information content (AvgIpc) is 1.79. The number of aryl methyl sites for hydroxylation is 6. The molecular formula is C90H97F4N17O8S2. The molecule has 0 unspecified atom stereocenters. The Balaban J connectivity index is 0.000000140. The zero-order valence-corrected chi connectivity index (χ0v) is 70.6. The molecular weight excluding hydrogens is 1590 g/mol. The lowest BCUT2D eigenvalue weighted by Gasteiger charge is -2.34. The van der Waals surface area contributed by atoms with Crippen LogP contribution < -0.4 is 25.0 Å². The van der Waals surface area contributed by atoms with Gasteiger partial charge in [0.15, 0.2) is 5.13 Å². The van der Waals surface area contributed by atoms with Crippen molar-refractivity contribution < 1.29 is 55.8 Å². The lowest BCUT2D eigenvalue weighted by atomic mass is 10.1. The summed E-state index contributed by atoms with van der Waals surface area (Å²) in [6.07, 6.45) is 6.14. The first-order valence-corrected chi connectivity index (χ1v) is 42.1. The van der Waals surface area contributed by atoms with E-state index in [2.05, 4.69) is 30.4 Å². The van der Waals surface area contributed by atoms with Gasteiger partial charge in [0.2, 0.25) is 35.4 Å². The summed E-state index contributed by atoms with van der Waals surface area (Å²) in [5.74, 6) is -0.231. The molecule has 0 atom stereocenters. The van der Waals surface area contributed by atoms with Gasteiger partial charge in [-0.2, -0.15) is 20.4 Å². The number of rotatable bonds is 20. The predicted molar refractivity (Wildman–Crippen MR) is 458 cm³/mol. The molecule has 6 amide bonds. The lowest BCUT2D eigenvalue weighted by molar-refractivity contribution is -0.137. The zero-order valence-electron chi connectivity index (χ0n) is 69.0. The number of methoxy groups -OCH3 is 2. The van der Waals surface area contributed by atoms with E-state index in [-0.39, 0.29) is 98.0 Å². The molecule has 0 radical (unpaired) electrons. The highest BCUT2D eigenvalue weighted by Crippen LogP contribution is 2.31. The number of aromatic nitrogens is 10. The Morgan fingerprint density at radius 1 is 0.405 bits per heavy atom. The second-order valence-electron chi connectivity index (χ2n) is 29.5. The third kappa shape index (κ3) is 21.3. The Bertz CT molecular complexity index is 5470. The summed E-state index contributed by atoms with van der Waals surface area (Å²) in [7, 11) is 3.17. The number of ether oxygens (including phenoxy) is 2. The van der Waals surface area contributed by atoms with Crippen molar-refractivity contribution in [1.29, 1.82) is 0 Å². The number of halogens is 4. The van der Waals surface area contributed by atoms with Crippen molar-refractivity contribution in [2.45, 2.75) is 119 Å². The van der Waals surface area contributed by atoms with Gasteiger partial charge in [-0.1, -0.05) is 39.8 Å². The van der Waals surface area contributed by atoms with Gasteiger partial charge in [0, 0.05) is 156 Å². The third-order valence-corrected chi connectivity index (χ3v) is 23.7. The van der Waals surface area contributed by atoms with Crippen molar-refractivity contribution in [2.75, 3.05) is 95.2 Å². The van der Waals surface area contributed by atoms with Crippen molar-refractivity contribution in [3.05, 3.63) is 242 Å². The molecule has 121 heavy (non-hydrogen) atoms. The molecule has 2 saturated heterocycles. The van der Waals surface area contributed by atoms with Gasteiger partial charge in [0.1, 0.15) is 74.0 Å². The number of anilines is 3. The van der Waals surface area contributed by atoms with Crippen LogP contribution in [0.3, 0.4) is 0 Å². The fourth-order valence-corrected chi connectivity index (χ4v) is 16.7. The standard InChI is InChI=1S/C25H27FN4O3.C24H25FN4O3.C21H23FN4OS.C20H22FN5OS/c1-4-19-14-23(18-8-9-22(26)17(2)12-18)27-30(19)16-24(31)28-10-11-29(25(32)15-28)20-6-5-7-21(13-20)33-3;1-3-19-14-22(17-7-9-18(25)10-8-17)26-29(19)16-23(30)27-11-12-28(24(31)15-27)20-5-4-6-21(13-20)32-2;1-3-17-12-19(15-4-6-16(22)7-5-15)24-26(17)13-21(27)25-10-8-18-20(9-11-25)28-14(2)23-18;1-2-15-11-17(13-3-5-14(21)6-4-13)24-26(15)12-19(27)25-9-7-16-18(8-10-25)28-20(22)23-16/h5-9,12-14H,4,10-11,15-16H2,1-3H3;4-10,13-14H,3,11-12,15-16H2,1-2H3;4-7,12H,3,8-11,13H2,1-2H3;3-6,11H,2,7-10,12H2,1H3,(H2,22,23). The number of amides is 6. The minimum atomic E-state index is -0.308. The number of piperazine rings is 2. The van der Waals surface area contributed by atoms with Crippen LogP contribution in [0.25, 0.3) is 45.0 Å². The molecule has 16 rings (SSSR count). The van der Waals surface area contributed by atoms with Gasteiger partial charge in [0.25, 0.3) is 0 Å². The molecule has 12 aromatic rings. The van der Waals surface area contributed by atoms with Crippen LogP contribution in [0.1, 0.15) is 82.2 Å². The number of carbonyl (C=O) groups excluding carboxylic acids is 6. The minimum absolute atomic E-state index is 0.0167. The summed E-state index contributed by atoms with van der Waals surface area (Å²) < 4.78 is 70.6. The topological polar surface area (TPSA) is 263 Å². The van der Waals surface area contributed by atoms with Crippen molar-refractivity contribution in [3.63, 3.8) is 0 Å². The number of fused-ring (bicyclic) bond motifs is 2. The molecule has 10 heterocycles. The number of nitrogens with zero attached hydrogens (tertiary/aromatic N) is 16. The smallest absolute Gasteiger partial charge is 0.246 e. The largest absolute Gasteiger partial charge is 0.497 e. The first-order chi connectivity index (χ1) is 58.4. The Morgan fingerprint density at radius 2 is 0.752 bits per heavy atom. The van der Waals surface area contributed by atoms with Crippen LogP contribution in [0.2, 0.25) is 0 Å². The number of hydrogen-bond donors (Lipinski definition) is 1. The van der Waals surface area contributed by atoms with Gasteiger partial charge in [0.05, 0.1) is 53.4 Å². The second-order valence-corrected chi connectivity index (χ2v) is 31.9. The maximum absolute atomic E-state index is 13.6. The molecule has 2 fully saturated rings. The minimum Gasteiger partial charge on any atom is -0.497 e. The zero-order chi connectivity index (χ0) is 85.5. The maximum atomic E-state index is 13.6. The van der Waals surface area contributed by atoms with Crippen LogP contribution in [0.4, 0.5) is 34.1 Å². The molecule has 4 aliphatic heterocycles. The number of benzene rings is 6. The van der Waals surface area contributed by atoms with Crippen LogP contribution in [0.15, 0.2) is 164 Å². The fraction of sp³-hybridized carbons (Fsp3) is 0.333. The molecule has 2 N–H and O–H groups in total. The number of nitrogen functional groups attached to an aromatic ring is 1. The quantitative estimate of drug-likeness (QED) is 0.0695. The van der Waals surface area contributed by atoms with Gasteiger partial charge < -0.3 is 44.6 Å². The Kier molecular flexibility index (Phi) is 28.1. The summed E-state index contributed by atoms with van der Waals surface area (Å²) in [6, 6.07) is 45.9. The highest BCUT2D eigenvalue weighted by molar-refractivity contribution is 7.15. The van der Waals surface area contributed by atoms with E-state index in [4.69, 9.17) is 15.2 Å². The van der Waals surface area contributed by atoms with Gasteiger partial charge >= 0.3 is 0 Å². The van der Waals surface area contributed by atoms with Crippen LogP contribution in [-0.2, 0) is 106 Å². The van der Waals surface area contributed by atoms with Crippen molar-refractivity contribution in [2.24, 2.45) is 0 Å². The highest BCUT2D eigenvalue weighted by atomic mass is 32.1. The number of hydrogen-bond acceptors (Lipinski definition) is 17. The van der Waals surface area contributed by atoms with E-state index in [0.717, 1.165) is 129 Å². The van der Waals surface area contributed by atoms with Crippen molar-refractivity contribution in [1.82, 2.24) is 68.7 Å². The molecule has 6 aromatic heterocycles. The number of carbonyl (C=O) groups is 6. The molecule has 25 nitrogen and oxygen atoms in total. The molecule has 6 aromatic carbocycles. The molecule has 630 valence electrons. The SMILES string of the molecule is CCc1cc(-c2ccc(F)c(C)c2)nn1CC(=O)N1CCN(c2cccc(OC)c2)C(=O)C1.CCc1cc(-c2ccc(F)cc2)nn1CC(=O)N1CCN(c2cccc(OC)c2)C(=O)C1.CCc1cc(-c2ccc(F)cc2)nn1CC(=O)N1CCc2nc(C)sc2CC1.CCc1cc(-c2ccc(F)cc2)nn1CC(=O)N1CCc2nc(N)sc2CC1. The Hall–Kier alpha value is -12.6. The molecule has 0 saturated carbocycles. The predicted octanol–water partition coefficient (Wildman–Crippen LogP) is 13.1. The molecule has 0 bridgehead atoms. The molecule has 0 aliphatic carbocycles. The van der Waals surface area contributed by atoms with Crippen molar-refractivity contribution >= 4 is 74.6 Å². The van der Waals surface area contributed by atoms with E-state index in [1.54, 1.807) is 119 Å². The van der Waals surface area contributed by atoms with E-state index in [9.17, 15) is 46.3 Å². The fourth-order valence-electron chi connectivity index (χ4n) is 14.9. The lowest BCUT2D eigenvalue weighted by Crippen LogP contribution is -2.53. The van der Waals surface area contributed by atoms with E-state index in [0.29, 0.717) is 92.2 Å². The summed E-state index contributed by atoms with van der Waals surface area (Å²) in [5, 5.41) is 20.1. The maximum Gasteiger partial charge on any atom is 0.246 e. The van der Waals surface area contributed by atoms with E-state index in [1.165, 1.54) is 63.6 Å². The van der Waals surface area contributed by atoms with Crippen LogP contribution in [0.5, 0.6) is 11.5 Å². The highest BCUT2D eigenvalue weighted by Gasteiger charge is 2.32. The normalized spacial score (nSPS) is 14.0. The summed E-state index contributed by atoms with van der Waals surface area (Å²) >= 11 is 3.25. The van der Waals surface area contributed by atoms with Crippen LogP contribution in [0, 0.1) is 37.1 Å². The Labute approximate surface area is 707 Å². The van der Waals surface area contributed by atoms with Gasteiger partial charge in [-0.25, -0.2) is 27.5 Å². The number of thiazole rings is 2. The van der Waals surface area contributed by atoms with E-state index < -0.39 is 0 Å². The summed E-state index contributed by atoms with van der Waals surface area (Å²) in [4.78, 5) is 99.0. The van der Waals surface area contributed by atoms with Crippen LogP contribution in [-0.4, -0.2) is 184 Å². The summed E-state index contributed by atoms with van der Waals surface area (Å²) in [5.41, 5.74) is 20.0. The first kappa shape index (κ1) is 86.2. The first-order valence-electron chi connectivity index (χ1n) is 40.4. The van der Waals surface area contributed by atoms with Gasteiger partial charge in [-0.15, -0.1) is 22.7 Å². The molecule has 31 heteroatoms. The van der Waals surface area contributed by atoms with Crippen LogP contribution >= 0.6 is 22.7 Å². The van der Waals surface area contributed by atoms with Gasteiger partial charge in [-0.05, 0) is 185 Å². The number of nitrogens with two attached hydrogens (primary N) is 1. The Morgan fingerprint density at radius 3 is 1.12 bits per heavy atom.